The van der Waals surface area contributed by atoms with Gasteiger partial charge in [0, 0.05) is 38.0 Å². The normalized spacial score (nSPS) is 12.1. The third-order valence-electron chi connectivity index (χ3n) is 13.3. The standard InChI is InChI=1S/C60H46N2O2/c1-35(2)49-33-53(61(39-25-21-37(5)22-26-39)51-17-11-15-45-41-13-7-9-19-55(41)63-59(45)51)47-32-30-44-50(36(3)4)34-54(48-31-29-43(49)57(47)58(44)48)62(40-27-23-38(6)24-28-40)52-18-12-16-46-42-14-8-10-20-56(42)64-60(46)52/h7-23,25-27,29-36H,1-6H3. The number of benzene rings is 9. The van der Waals surface area contributed by atoms with Gasteiger partial charge in [-0.05, 0) is 131 Å². The molecule has 0 saturated carbocycles. The highest BCUT2D eigenvalue weighted by molar-refractivity contribution is 6.30. The van der Waals surface area contributed by atoms with E-state index in [0.29, 0.717) is 0 Å². The lowest BCUT2D eigenvalue weighted by molar-refractivity contribution is 0.668. The lowest BCUT2D eigenvalue weighted by Gasteiger charge is -2.31. The summed E-state index contributed by atoms with van der Waals surface area (Å²) in [4.78, 5) is 4.78. The van der Waals surface area contributed by atoms with Crippen molar-refractivity contribution in [3.05, 3.63) is 192 Å². The van der Waals surface area contributed by atoms with E-state index >= 15 is 0 Å². The van der Waals surface area contributed by atoms with Crippen LogP contribution in [-0.4, -0.2) is 0 Å². The lowest BCUT2D eigenvalue weighted by Crippen LogP contribution is -2.13. The topological polar surface area (TPSA) is 32.8 Å². The summed E-state index contributed by atoms with van der Waals surface area (Å²) in [6, 6.07) is 64.2. The van der Waals surface area contributed by atoms with Crippen molar-refractivity contribution in [2.45, 2.75) is 53.4 Å². The summed E-state index contributed by atoms with van der Waals surface area (Å²) in [6.45, 7) is 13.5. The summed E-state index contributed by atoms with van der Waals surface area (Å²) in [5.41, 5.74) is 14.4. The van der Waals surface area contributed by atoms with Crippen LogP contribution in [0.2, 0.25) is 0 Å². The molecule has 64 heavy (non-hydrogen) atoms. The van der Waals surface area contributed by atoms with E-state index in [-0.39, 0.29) is 11.8 Å². The fraction of sp³-hybridized carbons (Fsp3) is 0.133. The zero-order chi connectivity index (χ0) is 43.4. The van der Waals surface area contributed by atoms with Crippen LogP contribution in [-0.2, 0) is 0 Å². The number of aryl methyl sites for hydroxylation is 2. The van der Waals surface area contributed by atoms with Crippen molar-refractivity contribution < 1.29 is 8.83 Å². The van der Waals surface area contributed by atoms with E-state index in [4.69, 9.17) is 8.83 Å². The number of rotatable bonds is 8. The molecule has 0 fully saturated rings. The van der Waals surface area contributed by atoms with Crippen molar-refractivity contribution in [1.82, 2.24) is 0 Å². The van der Waals surface area contributed by atoms with Gasteiger partial charge in [-0.2, -0.15) is 0 Å². The summed E-state index contributed by atoms with van der Waals surface area (Å²) in [5.74, 6) is 0.480. The quantitative estimate of drug-likeness (QED) is 0.143. The molecule has 0 N–H and O–H groups in total. The van der Waals surface area contributed by atoms with Crippen LogP contribution >= 0.6 is 0 Å². The van der Waals surface area contributed by atoms with Crippen molar-refractivity contribution in [1.29, 1.82) is 0 Å². The minimum Gasteiger partial charge on any atom is -0.454 e. The van der Waals surface area contributed by atoms with Crippen molar-refractivity contribution in [3.8, 4) is 0 Å². The van der Waals surface area contributed by atoms with Crippen LogP contribution in [0.15, 0.2) is 167 Å². The molecule has 308 valence electrons. The molecule has 0 aliphatic carbocycles. The Morgan fingerprint density at radius 1 is 0.406 bits per heavy atom. The van der Waals surface area contributed by atoms with Gasteiger partial charge in [0.25, 0.3) is 0 Å². The number of nitrogens with zero attached hydrogens (tertiary/aromatic N) is 2. The van der Waals surface area contributed by atoms with Gasteiger partial charge in [0.15, 0.2) is 11.2 Å². The van der Waals surface area contributed by atoms with Gasteiger partial charge in [-0.25, -0.2) is 0 Å². The molecular formula is C60H46N2O2. The summed E-state index contributed by atoms with van der Waals surface area (Å²) in [6.07, 6.45) is 0. The van der Waals surface area contributed by atoms with Gasteiger partial charge in [-0.15, -0.1) is 0 Å². The molecule has 4 heteroatoms. The highest BCUT2D eigenvalue weighted by Gasteiger charge is 2.28. The third-order valence-corrected chi connectivity index (χ3v) is 13.3. The van der Waals surface area contributed by atoms with Crippen molar-refractivity contribution in [3.63, 3.8) is 0 Å². The molecule has 4 nitrogen and oxygen atoms in total. The summed E-state index contributed by atoms with van der Waals surface area (Å²) in [5, 5.41) is 11.8. The number of furan rings is 2. The smallest absolute Gasteiger partial charge is 0.159 e. The molecule has 12 aromatic rings. The van der Waals surface area contributed by atoms with E-state index in [1.54, 1.807) is 0 Å². The van der Waals surface area contributed by atoms with Crippen LogP contribution in [0, 0.1) is 26.0 Å². The molecule has 0 radical (unpaired) electrons. The van der Waals surface area contributed by atoms with E-state index in [1.807, 2.05) is 12.1 Å². The van der Waals surface area contributed by atoms with Crippen LogP contribution in [0.25, 0.3) is 76.2 Å². The second-order valence-corrected chi connectivity index (χ2v) is 18.0. The first kappa shape index (κ1) is 38.0. The zero-order valence-electron chi connectivity index (χ0n) is 36.9. The summed E-state index contributed by atoms with van der Waals surface area (Å²) < 4.78 is 13.6. The second kappa shape index (κ2) is 14.4. The van der Waals surface area contributed by atoms with Gasteiger partial charge in [0.05, 0.1) is 28.4 Å². The maximum absolute atomic E-state index is 6.80. The minimum absolute atomic E-state index is 0.236. The minimum atomic E-state index is 0.236. The Morgan fingerprint density at radius 2 is 0.891 bits per heavy atom. The van der Waals surface area contributed by atoms with E-state index in [1.165, 1.54) is 43.6 Å². The van der Waals surface area contributed by atoms with Gasteiger partial charge >= 0.3 is 0 Å². The third kappa shape index (κ3) is 5.70. The predicted molar refractivity (Wildman–Crippen MR) is 269 cm³/mol. The molecule has 10 aromatic carbocycles. The van der Waals surface area contributed by atoms with Crippen molar-refractivity contribution in [2.24, 2.45) is 0 Å². The van der Waals surface area contributed by atoms with Crippen molar-refractivity contribution >= 4 is 110 Å². The van der Waals surface area contributed by atoms with Gasteiger partial charge in [-0.1, -0.05) is 136 Å². The molecule has 0 aliphatic rings. The van der Waals surface area contributed by atoms with Crippen LogP contribution in [0.1, 0.15) is 61.8 Å². The maximum atomic E-state index is 6.80. The molecule has 0 unspecified atom stereocenters. The van der Waals surface area contributed by atoms with Crippen LogP contribution in [0.4, 0.5) is 34.1 Å². The average molecular weight is 827 g/mol. The van der Waals surface area contributed by atoms with Gasteiger partial charge in [0.2, 0.25) is 0 Å². The monoisotopic (exact) mass is 826 g/mol. The zero-order valence-corrected chi connectivity index (χ0v) is 36.9. The van der Waals surface area contributed by atoms with Crippen molar-refractivity contribution in [2.75, 3.05) is 9.80 Å². The highest BCUT2D eigenvalue weighted by Crippen LogP contribution is 2.52. The summed E-state index contributed by atoms with van der Waals surface area (Å²) >= 11 is 0. The molecule has 0 atom stereocenters. The fourth-order valence-corrected chi connectivity index (χ4v) is 10.2. The van der Waals surface area contributed by atoms with Gasteiger partial charge in [-0.3, -0.25) is 4.90 Å². The van der Waals surface area contributed by atoms with Gasteiger partial charge in [0.1, 0.15) is 11.2 Å². The number of anilines is 6. The number of fused-ring (bicyclic) bond motifs is 6. The molecule has 0 bridgehead atoms. The number of para-hydroxylation sites is 4. The first-order chi connectivity index (χ1) is 31.2. The molecule has 2 heterocycles. The molecule has 2 aromatic heterocycles. The van der Waals surface area contributed by atoms with E-state index in [0.717, 1.165) is 89.0 Å². The SMILES string of the molecule is Cc1c#cc(N(c2cc(C(C)C)c3ccc4c(N(c5ccc(C)cc5)c5cccc6c5oc5ccccc56)cc(C(C)C)c5ccc2c3c54)c2cccc3c2oc2ccccc23)cc1. The van der Waals surface area contributed by atoms with E-state index in [9.17, 15) is 0 Å². The predicted octanol–water partition coefficient (Wildman–Crippen LogP) is 17.8. The highest BCUT2D eigenvalue weighted by atomic mass is 16.3. The summed E-state index contributed by atoms with van der Waals surface area (Å²) in [7, 11) is 0. The van der Waals surface area contributed by atoms with Crippen LogP contribution in [0.3, 0.4) is 0 Å². The Hall–Kier alpha value is -7.74. The maximum Gasteiger partial charge on any atom is 0.159 e. The molecule has 0 saturated heterocycles. The average Bonchev–Trinajstić information content (AvgIpc) is 3.89. The Morgan fingerprint density at radius 3 is 1.41 bits per heavy atom. The van der Waals surface area contributed by atoms with Gasteiger partial charge < -0.3 is 13.7 Å². The molecule has 0 amide bonds. The molecular weight excluding hydrogens is 781 g/mol. The van der Waals surface area contributed by atoms with Crippen LogP contribution < -0.4 is 9.80 Å². The number of hydrogen-bond donors (Lipinski definition) is 0. The Bertz CT molecular complexity index is 3510. The fourth-order valence-electron chi connectivity index (χ4n) is 10.2. The Kier molecular flexibility index (Phi) is 8.55. The van der Waals surface area contributed by atoms with E-state index in [2.05, 4.69) is 209 Å². The lowest BCUT2D eigenvalue weighted by atomic mass is 9.84. The molecule has 0 spiro atoms. The van der Waals surface area contributed by atoms with Crippen LogP contribution in [0.5, 0.6) is 0 Å². The molecule has 0 aliphatic heterocycles. The number of hydrogen-bond acceptors (Lipinski definition) is 4. The first-order valence-electron chi connectivity index (χ1n) is 22.4. The first-order valence-corrected chi connectivity index (χ1v) is 22.4. The van der Waals surface area contributed by atoms with E-state index < -0.39 is 0 Å². The Labute approximate surface area is 372 Å². The second-order valence-electron chi connectivity index (χ2n) is 18.0. The molecule has 12 rings (SSSR count). The largest absolute Gasteiger partial charge is 0.454 e. The Balaban J connectivity index is 1.21.